The summed E-state index contributed by atoms with van der Waals surface area (Å²) in [5.74, 6) is -1.81. The molecular weight excluding hydrogens is 540 g/mol. The summed E-state index contributed by atoms with van der Waals surface area (Å²) in [6, 6.07) is 9.36. The quantitative estimate of drug-likeness (QED) is 0.182. The molecule has 8 nitrogen and oxygen atoms in total. The van der Waals surface area contributed by atoms with Crippen LogP contribution < -0.4 is 5.73 Å². The number of alkyl halides is 3. The maximum absolute atomic E-state index is 13.9. The normalized spacial score (nSPS) is 15.7. The van der Waals surface area contributed by atoms with Crippen molar-refractivity contribution in [3.05, 3.63) is 84.0 Å². The summed E-state index contributed by atoms with van der Waals surface area (Å²) >= 11 is 0. The van der Waals surface area contributed by atoms with Gasteiger partial charge in [0, 0.05) is 30.6 Å². The van der Waals surface area contributed by atoms with Crippen molar-refractivity contribution in [1.29, 1.82) is 0 Å². The van der Waals surface area contributed by atoms with Gasteiger partial charge in [0.05, 0.1) is 17.0 Å². The highest BCUT2D eigenvalue weighted by Gasteiger charge is 2.34. The Morgan fingerprint density at radius 1 is 1.12 bits per heavy atom. The van der Waals surface area contributed by atoms with Gasteiger partial charge in [0.2, 0.25) is 5.91 Å². The number of Topliss-reactive ketones (excluding diaryl/α,β-unsaturated/α-hetero) is 1. The molecule has 1 fully saturated rings. The van der Waals surface area contributed by atoms with Crippen LogP contribution in [0.5, 0.6) is 0 Å². The van der Waals surface area contributed by atoms with Crippen molar-refractivity contribution in [3.63, 3.8) is 0 Å². The molecule has 0 saturated carbocycles. The minimum absolute atomic E-state index is 0.00982. The van der Waals surface area contributed by atoms with E-state index in [2.05, 4.69) is 16.5 Å². The van der Waals surface area contributed by atoms with Crippen molar-refractivity contribution < 1.29 is 27.2 Å². The van der Waals surface area contributed by atoms with Crippen LogP contribution >= 0.6 is 0 Å². The van der Waals surface area contributed by atoms with E-state index < -0.39 is 23.3 Å². The molecule has 0 aliphatic carbocycles. The van der Waals surface area contributed by atoms with E-state index in [0.29, 0.717) is 48.4 Å². The van der Waals surface area contributed by atoms with Crippen LogP contribution in [-0.4, -0.2) is 49.4 Å². The lowest BCUT2D eigenvalue weighted by Crippen LogP contribution is -2.40. The van der Waals surface area contributed by atoms with E-state index in [4.69, 9.17) is 10.8 Å². The number of piperidine rings is 1. The number of hydrogen-bond acceptors (Lipinski definition) is 6. The van der Waals surface area contributed by atoms with Gasteiger partial charge in [-0.25, -0.2) is 19.0 Å². The lowest BCUT2D eigenvalue weighted by molar-refractivity contribution is -0.140. The van der Waals surface area contributed by atoms with Crippen molar-refractivity contribution in [2.45, 2.75) is 37.9 Å². The van der Waals surface area contributed by atoms with Crippen molar-refractivity contribution in [3.8, 4) is 11.3 Å². The molecule has 12 heteroatoms. The summed E-state index contributed by atoms with van der Waals surface area (Å²) in [4.78, 5) is 35.0. The third kappa shape index (κ3) is 5.67. The topological polar surface area (TPSA) is 107 Å². The Labute approximate surface area is 232 Å². The number of rotatable bonds is 7. The first-order chi connectivity index (χ1) is 19.6. The highest BCUT2D eigenvalue weighted by atomic mass is 19.4. The number of carbonyl (C=O) groups is 2. The van der Waals surface area contributed by atoms with E-state index in [1.54, 1.807) is 9.58 Å². The Morgan fingerprint density at radius 3 is 2.56 bits per heavy atom. The van der Waals surface area contributed by atoms with Gasteiger partial charge in [0.1, 0.15) is 23.7 Å². The molecular formula is C29H26F4N6O2. The van der Waals surface area contributed by atoms with Crippen LogP contribution in [0.25, 0.3) is 22.3 Å². The molecule has 0 radical (unpaired) electrons. The molecule has 2 aromatic heterocycles. The largest absolute Gasteiger partial charge is 0.419 e. The fourth-order valence-electron chi connectivity index (χ4n) is 5.09. The first-order valence-corrected chi connectivity index (χ1v) is 13.0. The molecule has 3 heterocycles. The molecule has 2 N–H and O–H groups in total. The summed E-state index contributed by atoms with van der Waals surface area (Å²) in [5.41, 5.74) is 7.39. The van der Waals surface area contributed by atoms with Crippen LogP contribution in [0.2, 0.25) is 0 Å². The number of likely N-dealkylation sites (tertiary alicyclic amines) is 1. The molecule has 1 amide bonds. The van der Waals surface area contributed by atoms with E-state index in [-0.39, 0.29) is 29.8 Å². The molecule has 2 aromatic carbocycles. The van der Waals surface area contributed by atoms with Gasteiger partial charge in [0.25, 0.3) is 0 Å². The zero-order valence-corrected chi connectivity index (χ0v) is 21.9. The first kappa shape index (κ1) is 27.9. The van der Waals surface area contributed by atoms with Gasteiger partial charge in [-0.1, -0.05) is 36.9 Å². The molecule has 212 valence electrons. The van der Waals surface area contributed by atoms with Gasteiger partial charge in [-0.15, -0.1) is 0 Å². The number of ketones is 1. The molecule has 1 unspecified atom stereocenters. The smallest absolute Gasteiger partial charge is 0.383 e. The van der Waals surface area contributed by atoms with Gasteiger partial charge in [0.15, 0.2) is 11.4 Å². The second-order valence-corrected chi connectivity index (χ2v) is 9.85. The van der Waals surface area contributed by atoms with Crippen LogP contribution in [0.4, 0.5) is 23.4 Å². The maximum atomic E-state index is 13.9. The van der Waals surface area contributed by atoms with Crippen molar-refractivity contribution in [2.24, 2.45) is 0 Å². The zero-order chi connectivity index (χ0) is 29.3. The molecule has 41 heavy (non-hydrogen) atoms. The molecule has 4 aromatic rings. The number of nitrogen functional groups attached to an aromatic ring is 1. The van der Waals surface area contributed by atoms with E-state index in [1.165, 1.54) is 12.4 Å². The van der Waals surface area contributed by atoms with E-state index >= 15 is 0 Å². The molecule has 0 bridgehead atoms. The van der Waals surface area contributed by atoms with Crippen LogP contribution in [-0.2, 0) is 17.4 Å². The number of nitrogens with two attached hydrogens (primary N) is 1. The predicted molar refractivity (Wildman–Crippen MR) is 144 cm³/mol. The fraction of sp³-hybridized carbons (Fsp3) is 0.276. The van der Waals surface area contributed by atoms with Gasteiger partial charge in [-0.2, -0.15) is 18.3 Å². The Bertz CT molecular complexity index is 1630. The van der Waals surface area contributed by atoms with Crippen LogP contribution in [0.15, 0.2) is 61.4 Å². The first-order valence-electron chi connectivity index (χ1n) is 13.0. The summed E-state index contributed by atoms with van der Waals surface area (Å²) in [6.45, 7) is 4.68. The predicted octanol–water partition coefficient (Wildman–Crippen LogP) is 5.40. The third-order valence-electron chi connectivity index (χ3n) is 7.21. The third-order valence-corrected chi connectivity index (χ3v) is 7.21. The highest BCUT2D eigenvalue weighted by molar-refractivity contribution is 5.98. The number of nitrogens with zero attached hydrogens (tertiary/aromatic N) is 5. The molecule has 0 spiro atoms. The number of halogens is 4. The zero-order valence-electron chi connectivity index (χ0n) is 21.9. The van der Waals surface area contributed by atoms with Gasteiger partial charge in [-0.3, -0.25) is 9.59 Å². The SMILES string of the molecule is C=CC(=O)N1CCCC(n2nc(-c3ccc(CCC(=O)c4ccc(C(F)(F)F)c(F)c4)cc3)c3c(N)ncnc32)C1. The van der Waals surface area contributed by atoms with Gasteiger partial charge < -0.3 is 10.6 Å². The van der Waals surface area contributed by atoms with Crippen LogP contribution in [0.1, 0.15) is 46.8 Å². The average Bonchev–Trinajstić information content (AvgIpc) is 3.36. The highest BCUT2D eigenvalue weighted by Crippen LogP contribution is 2.34. The lowest BCUT2D eigenvalue weighted by Gasteiger charge is -2.32. The van der Waals surface area contributed by atoms with Crippen molar-refractivity contribution >= 4 is 28.5 Å². The second kappa shape index (κ2) is 11.1. The Kier molecular flexibility index (Phi) is 7.57. The number of hydrogen-bond donors (Lipinski definition) is 1. The van der Waals surface area contributed by atoms with Crippen molar-refractivity contribution in [1.82, 2.24) is 24.6 Å². The standard InChI is InChI=1S/C29H26F4N6O2/c1-2-24(41)38-13-3-4-20(15-38)39-28-25(27(34)35-16-36-28)26(37-39)18-8-5-17(6-9-18)7-12-23(40)19-10-11-21(22(30)14-19)29(31,32)33/h2,5-6,8-11,14,16,20H,1,3-4,7,12-13,15H2,(H2,34,35,36). The number of benzene rings is 2. The van der Waals surface area contributed by atoms with E-state index in [0.717, 1.165) is 30.0 Å². The summed E-state index contributed by atoms with van der Waals surface area (Å²) in [7, 11) is 0. The molecule has 5 rings (SSSR count). The van der Waals surface area contributed by atoms with E-state index in [1.807, 2.05) is 24.3 Å². The lowest BCUT2D eigenvalue weighted by atomic mass is 10.00. The minimum Gasteiger partial charge on any atom is -0.383 e. The molecule has 1 aliphatic rings. The monoisotopic (exact) mass is 566 g/mol. The number of aromatic nitrogens is 4. The van der Waals surface area contributed by atoms with Crippen LogP contribution in [0.3, 0.4) is 0 Å². The molecule has 1 aliphatic heterocycles. The fourth-order valence-corrected chi connectivity index (χ4v) is 5.09. The van der Waals surface area contributed by atoms with Gasteiger partial charge >= 0.3 is 6.18 Å². The van der Waals surface area contributed by atoms with Crippen LogP contribution in [0, 0.1) is 5.82 Å². The van der Waals surface area contributed by atoms with E-state index in [9.17, 15) is 27.2 Å². The molecule has 1 saturated heterocycles. The maximum Gasteiger partial charge on any atom is 0.419 e. The summed E-state index contributed by atoms with van der Waals surface area (Å²) in [6.07, 6.45) is -0.261. The Balaban J connectivity index is 1.35. The van der Waals surface area contributed by atoms with Crippen molar-refractivity contribution in [2.75, 3.05) is 18.8 Å². The van der Waals surface area contributed by atoms with Gasteiger partial charge in [-0.05, 0) is 43.0 Å². The average molecular weight is 567 g/mol. The second-order valence-electron chi connectivity index (χ2n) is 9.85. The Morgan fingerprint density at radius 2 is 1.88 bits per heavy atom. The Hall–Kier alpha value is -4.61. The number of amides is 1. The number of anilines is 1. The minimum atomic E-state index is -4.83. The summed E-state index contributed by atoms with van der Waals surface area (Å²) in [5, 5.41) is 5.43. The molecule has 1 atom stereocenters. The summed E-state index contributed by atoms with van der Waals surface area (Å²) < 4.78 is 54.1. The number of aryl methyl sites for hydroxylation is 1. The number of fused-ring (bicyclic) bond motifs is 1. The number of carbonyl (C=O) groups excluding carboxylic acids is 2.